The van der Waals surface area contributed by atoms with Gasteiger partial charge < -0.3 is 5.73 Å². The third kappa shape index (κ3) is 6.04. The van der Waals surface area contributed by atoms with Crippen LogP contribution in [0.3, 0.4) is 0 Å². The predicted molar refractivity (Wildman–Crippen MR) is 96.7 cm³/mol. The highest BCUT2D eigenvalue weighted by Gasteiger charge is 2.08. The lowest BCUT2D eigenvalue weighted by Crippen LogP contribution is -2.02. The smallest absolute Gasteiger partial charge is 0.150 e. The highest BCUT2D eigenvalue weighted by molar-refractivity contribution is 5.78. The molecule has 1 heterocycles. The normalized spacial score (nSPS) is 10.5. The molecule has 0 amide bonds. The lowest BCUT2D eigenvalue weighted by atomic mass is 10.1. The third-order valence-corrected chi connectivity index (χ3v) is 2.43. The summed E-state index contributed by atoms with van der Waals surface area (Å²) in [6.45, 7) is 21.3. The van der Waals surface area contributed by atoms with E-state index in [1.165, 1.54) is 0 Å². The molecule has 21 heavy (non-hydrogen) atoms. The number of hydrogen-bond acceptors (Lipinski definition) is 3. The first-order valence-corrected chi connectivity index (χ1v) is 6.88. The van der Waals surface area contributed by atoms with Crippen molar-refractivity contribution in [3.05, 3.63) is 68.2 Å². The molecule has 0 aliphatic heterocycles. The molecule has 0 atom stereocenters. The van der Waals surface area contributed by atoms with Crippen molar-refractivity contribution in [3.8, 4) is 0 Å². The van der Waals surface area contributed by atoms with Crippen molar-refractivity contribution in [2.24, 2.45) is 0 Å². The van der Waals surface area contributed by atoms with Crippen molar-refractivity contribution in [2.45, 2.75) is 27.7 Å². The summed E-state index contributed by atoms with van der Waals surface area (Å²) in [4.78, 5) is 8.64. The minimum absolute atomic E-state index is 0.404. The van der Waals surface area contributed by atoms with Gasteiger partial charge in [-0.15, -0.1) is 13.2 Å². The van der Waals surface area contributed by atoms with Crippen LogP contribution in [0.25, 0.3) is 11.1 Å². The van der Waals surface area contributed by atoms with Gasteiger partial charge in [0, 0.05) is 0 Å². The molecule has 2 N–H and O–H groups in total. The van der Waals surface area contributed by atoms with E-state index in [1.54, 1.807) is 18.3 Å². The third-order valence-electron chi connectivity index (χ3n) is 2.43. The fourth-order valence-electron chi connectivity index (χ4n) is 1.47. The number of nitrogens with two attached hydrogens (primary N) is 1. The number of aromatic nitrogens is 2. The summed E-state index contributed by atoms with van der Waals surface area (Å²) in [6, 6.07) is 0. The van der Waals surface area contributed by atoms with E-state index >= 15 is 0 Å². The van der Waals surface area contributed by atoms with Crippen molar-refractivity contribution in [1.29, 1.82) is 0 Å². The molecule has 0 radical (unpaired) electrons. The van der Waals surface area contributed by atoms with Crippen molar-refractivity contribution >= 4 is 17.0 Å². The Morgan fingerprint density at radius 1 is 1.05 bits per heavy atom. The van der Waals surface area contributed by atoms with Gasteiger partial charge in [-0.1, -0.05) is 51.3 Å². The molecule has 1 aromatic heterocycles. The van der Waals surface area contributed by atoms with E-state index in [0.717, 1.165) is 16.8 Å². The van der Waals surface area contributed by atoms with Gasteiger partial charge in [-0.25, -0.2) is 9.97 Å². The van der Waals surface area contributed by atoms with E-state index in [0.29, 0.717) is 11.5 Å². The first-order valence-electron chi connectivity index (χ1n) is 6.88. The molecule has 0 aromatic carbocycles. The molecular weight excluding hydrogens is 258 g/mol. The molecule has 1 rings (SSSR count). The van der Waals surface area contributed by atoms with E-state index in [-0.39, 0.29) is 0 Å². The summed E-state index contributed by atoms with van der Waals surface area (Å²) in [5.74, 6) is 0.404. The molecule has 0 bridgehead atoms. The second kappa shape index (κ2) is 12.6. The zero-order valence-electron chi connectivity index (χ0n) is 13.7. The molecule has 0 unspecified atom stereocenters. The van der Waals surface area contributed by atoms with Crippen LogP contribution in [-0.4, -0.2) is 9.97 Å². The summed E-state index contributed by atoms with van der Waals surface area (Å²) < 4.78 is 0. The van der Waals surface area contributed by atoms with Crippen molar-refractivity contribution in [3.63, 3.8) is 0 Å². The first kappa shape index (κ1) is 20.9. The molecule has 114 valence electrons. The van der Waals surface area contributed by atoms with E-state index in [2.05, 4.69) is 36.3 Å². The molecule has 0 spiro atoms. The number of hydrogen-bond donors (Lipinski definition) is 1. The second-order valence-corrected chi connectivity index (χ2v) is 3.39. The molecular formula is C18H27N3. The van der Waals surface area contributed by atoms with Crippen LogP contribution < -0.4 is 5.73 Å². The van der Waals surface area contributed by atoms with Gasteiger partial charge in [-0.05, 0) is 25.0 Å². The molecule has 0 aliphatic rings. The molecule has 0 fully saturated rings. The van der Waals surface area contributed by atoms with Crippen LogP contribution >= 0.6 is 0 Å². The van der Waals surface area contributed by atoms with Crippen LogP contribution in [0, 0.1) is 0 Å². The zero-order chi connectivity index (χ0) is 16.8. The molecule has 3 nitrogen and oxygen atoms in total. The van der Waals surface area contributed by atoms with Crippen LogP contribution in [-0.2, 0) is 0 Å². The molecule has 0 saturated carbocycles. The summed E-state index contributed by atoms with van der Waals surface area (Å²) in [5.41, 5.74) is 9.03. The summed E-state index contributed by atoms with van der Waals surface area (Å²) in [6.07, 6.45) is 8.94. The van der Waals surface area contributed by atoms with Gasteiger partial charge in [0.05, 0.1) is 11.9 Å². The van der Waals surface area contributed by atoms with E-state index in [9.17, 15) is 0 Å². The fourth-order valence-corrected chi connectivity index (χ4v) is 1.47. The van der Waals surface area contributed by atoms with Crippen LogP contribution in [0.4, 0.5) is 5.82 Å². The highest BCUT2D eigenvalue weighted by Crippen LogP contribution is 2.21. The van der Waals surface area contributed by atoms with Gasteiger partial charge in [0.1, 0.15) is 11.5 Å². The van der Waals surface area contributed by atoms with Gasteiger partial charge in [0.25, 0.3) is 0 Å². The number of nitrogens with zero attached hydrogens (tertiary/aromatic N) is 2. The van der Waals surface area contributed by atoms with E-state index in [4.69, 9.17) is 5.73 Å². The fraction of sp³-hybridized carbons (Fsp3) is 0.222. The van der Waals surface area contributed by atoms with Crippen LogP contribution in [0.2, 0.25) is 0 Å². The van der Waals surface area contributed by atoms with Crippen LogP contribution in [0.1, 0.15) is 39.1 Å². The van der Waals surface area contributed by atoms with Crippen molar-refractivity contribution < 1.29 is 0 Å². The van der Waals surface area contributed by atoms with Gasteiger partial charge >= 0.3 is 0 Å². The Hall–Kier alpha value is -2.42. The Labute approximate surface area is 129 Å². The first-order chi connectivity index (χ1) is 10.2. The van der Waals surface area contributed by atoms with Crippen LogP contribution in [0.15, 0.2) is 56.8 Å². The maximum atomic E-state index is 5.82. The Kier molecular flexibility index (Phi) is 12.5. The number of nitrogen functional groups attached to an aromatic ring is 1. The molecule has 3 heteroatoms. The Morgan fingerprint density at radius 2 is 1.52 bits per heavy atom. The number of anilines is 1. The average molecular weight is 285 g/mol. The summed E-state index contributed by atoms with van der Waals surface area (Å²) in [7, 11) is 0. The van der Waals surface area contributed by atoms with Crippen molar-refractivity contribution in [1.82, 2.24) is 9.97 Å². The standard InChI is InChI=1S/C14H17N3.C2H6.C2H4/c1-5-10(6-2)12-9-16-14(15)13(17-12)11(7-3)8-4;2*1-2/h5-9H,1,3H2,2,4H3,(H2,15,16);1-2H3;1-2H2/b10-6+,11-8+;;. The SMILES string of the molecule is C=C.C=C/C(=C\C)c1cnc(N)c(/C(C=C)=C/C)n1.CC. The maximum Gasteiger partial charge on any atom is 0.150 e. The minimum atomic E-state index is 0.404. The molecule has 0 saturated heterocycles. The monoisotopic (exact) mass is 285 g/mol. The van der Waals surface area contributed by atoms with Gasteiger partial charge in [-0.3, -0.25) is 0 Å². The average Bonchev–Trinajstić information content (AvgIpc) is 2.56. The molecule has 1 aromatic rings. The summed E-state index contributed by atoms with van der Waals surface area (Å²) in [5, 5.41) is 0. The predicted octanol–water partition coefficient (Wildman–Crippen LogP) is 5.07. The number of allylic oxidation sites excluding steroid dienone is 6. The number of rotatable bonds is 4. The molecule has 0 aliphatic carbocycles. The quantitative estimate of drug-likeness (QED) is 0.621. The van der Waals surface area contributed by atoms with E-state index < -0.39 is 0 Å². The maximum absolute atomic E-state index is 5.82. The van der Waals surface area contributed by atoms with Gasteiger partial charge in [-0.2, -0.15) is 0 Å². The zero-order valence-corrected chi connectivity index (χ0v) is 13.7. The van der Waals surface area contributed by atoms with Crippen LogP contribution in [0.5, 0.6) is 0 Å². The largest absolute Gasteiger partial charge is 0.382 e. The van der Waals surface area contributed by atoms with E-state index in [1.807, 2.05) is 39.8 Å². The Balaban J connectivity index is 0. The highest BCUT2D eigenvalue weighted by atomic mass is 14.9. The summed E-state index contributed by atoms with van der Waals surface area (Å²) >= 11 is 0. The Bertz CT molecular complexity index is 511. The van der Waals surface area contributed by atoms with Crippen molar-refractivity contribution in [2.75, 3.05) is 5.73 Å². The lowest BCUT2D eigenvalue weighted by Gasteiger charge is -2.07. The second-order valence-electron chi connectivity index (χ2n) is 3.39. The van der Waals surface area contributed by atoms with Gasteiger partial charge in [0.15, 0.2) is 0 Å². The van der Waals surface area contributed by atoms with Gasteiger partial charge in [0.2, 0.25) is 0 Å². The topological polar surface area (TPSA) is 51.8 Å². The Morgan fingerprint density at radius 3 is 1.90 bits per heavy atom. The minimum Gasteiger partial charge on any atom is -0.382 e. The lowest BCUT2D eigenvalue weighted by molar-refractivity contribution is 1.15.